The van der Waals surface area contributed by atoms with E-state index in [1.807, 2.05) is 0 Å². The third-order valence-corrected chi connectivity index (χ3v) is 2.93. The molecule has 2 nitrogen and oxygen atoms in total. The number of halogens is 2. The highest BCUT2D eigenvalue weighted by Crippen LogP contribution is 2.25. The molecule has 0 saturated heterocycles. The molecule has 0 aliphatic heterocycles. The third-order valence-electron chi connectivity index (χ3n) is 2.93. The largest absolute Gasteiger partial charge is 0.486 e. The Morgan fingerprint density at radius 3 is 2.69 bits per heavy atom. The molecule has 0 heterocycles. The zero-order valence-electron chi connectivity index (χ0n) is 8.96. The molecular weight excluding hydrogens is 212 g/mol. The van der Waals surface area contributed by atoms with Crippen LogP contribution in [-0.4, -0.2) is 12.1 Å². The first-order chi connectivity index (χ1) is 7.66. The van der Waals surface area contributed by atoms with E-state index in [4.69, 9.17) is 10.5 Å². The summed E-state index contributed by atoms with van der Waals surface area (Å²) in [6.45, 7) is 0. The molecule has 2 atom stereocenters. The predicted molar refractivity (Wildman–Crippen MR) is 57.2 cm³/mol. The van der Waals surface area contributed by atoms with Crippen LogP contribution in [0.15, 0.2) is 18.2 Å². The molecule has 16 heavy (non-hydrogen) atoms. The van der Waals surface area contributed by atoms with Crippen LogP contribution < -0.4 is 10.5 Å². The van der Waals surface area contributed by atoms with Crippen LogP contribution in [0.1, 0.15) is 25.7 Å². The first-order valence-corrected chi connectivity index (χ1v) is 5.54. The molecule has 0 aromatic heterocycles. The first kappa shape index (κ1) is 11.3. The van der Waals surface area contributed by atoms with Crippen LogP contribution >= 0.6 is 0 Å². The summed E-state index contributed by atoms with van der Waals surface area (Å²) in [4.78, 5) is 0. The molecule has 0 spiro atoms. The van der Waals surface area contributed by atoms with Crippen molar-refractivity contribution in [3.05, 3.63) is 29.8 Å². The lowest BCUT2D eigenvalue weighted by Crippen LogP contribution is -2.41. The molecule has 1 saturated carbocycles. The summed E-state index contributed by atoms with van der Waals surface area (Å²) in [5.74, 6) is -1.08. The van der Waals surface area contributed by atoms with E-state index in [1.54, 1.807) is 0 Å². The number of benzene rings is 1. The maximum atomic E-state index is 13.3. The quantitative estimate of drug-likeness (QED) is 0.842. The van der Waals surface area contributed by atoms with Crippen LogP contribution in [-0.2, 0) is 0 Å². The van der Waals surface area contributed by atoms with Crippen molar-refractivity contribution in [2.75, 3.05) is 0 Å². The van der Waals surface area contributed by atoms with Crippen molar-refractivity contribution in [3.8, 4) is 5.75 Å². The Morgan fingerprint density at radius 1 is 1.19 bits per heavy atom. The summed E-state index contributed by atoms with van der Waals surface area (Å²) in [5.41, 5.74) is 5.87. The highest BCUT2D eigenvalue weighted by atomic mass is 19.1. The van der Waals surface area contributed by atoms with Crippen molar-refractivity contribution in [1.82, 2.24) is 0 Å². The van der Waals surface area contributed by atoms with Gasteiger partial charge in [-0.2, -0.15) is 0 Å². The fraction of sp³-hybridized carbons (Fsp3) is 0.500. The summed E-state index contributed by atoms with van der Waals surface area (Å²) in [5, 5.41) is 0. The number of hydrogen-bond acceptors (Lipinski definition) is 2. The molecule has 88 valence electrons. The second-order valence-electron chi connectivity index (χ2n) is 4.18. The number of nitrogens with two attached hydrogens (primary N) is 1. The molecule has 0 radical (unpaired) electrons. The fourth-order valence-corrected chi connectivity index (χ4v) is 2.00. The topological polar surface area (TPSA) is 35.2 Å². The summed E-state index contributed by atoms with van der Waals surface area (Å²) < 4.78 is 31.7. The second-order valence-corrected chi connectivity index (χ2v) is 4.18. The molecule has 1 aliphatic carbocycles. The molecular formula is C12H15F2NO. The molecule has 4 heteroatoms. The minimum atomic E-state index is -0.542. The SMILES string of the molecule is NC1CCCCC1Oc1cc(F)ccc1F. The molecule has 2 unspecified atom stereocenters. The Morgan fingerprint density at radius 2 is 1.94 bits per heavy atom. The maximum Gasteiger partial charge on any atom is 0.165 e. The number of rotatable bonds is 2. The van der Waals surface area contributed by atoms with E-state index in [0.717, 1.165) is 43.9 Å². The zero-order valence-corrected chi connectivity index (χ0v) is 8.96. The zero-order chi connectivity index (χ0) is 11.5. The van der Waals surface area contributed by atoms with E-state index < -0.39 is 11.6 Å². The van der Waals surface area contributed by atoms with Gasteiger partial charge in [0.1, 0.15) is 11.9 Å². The van der Waals surface area contributed by atoms with Crippen LogP contribution in [0.25, 0.3) is 0 Å². The summed E-state index contributed by atoms with van der Waals surface area (Å²) in [6.07, 6.45) is 3.57. The van der Waals surface area contributed by atoms with Gasteiger partial charge < -0.3 is 10.5 Å². The average molecular weight is 227 g/mol. The van der Waals surface area contributed by atoms with Crippen LogP contribution in [0.2, 0.25) is 0 Å². The Bertz CT molecular complexity index is 370. The second kappa shape index (κ2) is 4.78. The van der Waals surface area contributed by atoms with E-state index in [-0.39, 0.29) is 17.9 Å². The van der Waals surface area contributed by atoms with Gasteiger partial charge in [0.2, 0.25) is 0 Å². The summed E-state index contributed by atoms with van der Waals surface area (Å²) in [7, 11) is 0. The number of ether oxygens (including phenoxy) is 1. The Labute approximate surface area is 93.4 Å². The van der Waals surface area contributed by atoms with Crippen LogP contribution in [0.4, 0.5) is 8.78 Å². The van der Waals surface area contributed by atoms with Crippen molar-refractivity contribution in [2.45, 2.75) is 37.8 Å². The lowest BCUT2D eigenvalue weighted by atomic mass is 9.93. The lowest BCUT2D eigenvalue weighted by Gasteiger charge is -2.29. The van der Waals surface area contributed by atoms with Crippen molar-refractivity contribution < 1.29 is 13.5 Å². The highest BCUT2D eigenvalue weighted by Gasteiger charge is 2.24. The molecule has 1 aliphatic rings. The highest BCUT2D eigenvalue weighted by molar-refractivity contribution is 5.25. The van der Waals surface area contributed by atoms with Crippen molar-refractivity contribution >= 4 is 0 Å². The fourth-order valence-electron chi connectivity index (χ4n) is 2.00. The van der Waals surface area contributed by atoms with E-state index >= 15 is 0 Å². The van der Waals surface area contributed by atoms with Gasteiger partial charge in [0.15, 0.2) is 11.6 Å². The van der Waals surface area contributed by atoms with Crippen LogP contribution in [0.5, 0.6) is 5.75 Å². The van der Waals surface area contributed by atoms with Gasteiger partial charge in [-0.25, -0.2) is 8.78 Å². The molecule has 0 bridgehead atoms. The standard InChI is InChI=1S/C12H15F2NO/c13-8-5-6-9(14)12(7-8)16-11-4-2-1-3-10(11)15/h5-7,10-11H,1-4,15H2. The van der Waals surface area contributed by atoms with E-state index in [9.17, 15) is 8.78 Å². The molecule has 2 N–H and O–H groups in total. The van der Waals surface area contributed by atoms with Crippen LogP contribution in [0.3, 0.4) is 0 Å². The molecule has 1 fully saturated rings. The minimum absolute atomic E-state index is 0.0395. The molecule has 2 rings (SSSR count). The van der Waals surface area contributed by atoms with Gasteiger partial charge in [0.05, 0.1) is 0 Å². The van der Waals surface area contributed by atoms with Gasteiger partial charge in [0, 0.05) is 12.1 Å². The maximum absolute atomic E-state index is 13.3. The monoisotopic (exact) mass is 227 g/mol. The van der Waals surface area contributed by atoms with Gasteiger partial charge in [-0.05, 0) is 31.4 Å². The first-order valence-electron chi connectivity index (χ1n) is 5.54. The predicted octanol–water partition coefficient (Wildman–Crippen LogP) is 2.61. The average Bonchev–Trinajstić information content (AvgIpc) is 2.27. The Kier molecular flexibility index (Phi) is 3.39. The van der Waals surface area contributed by atoms with Crippen molar-refractivity contribution in [2.24, 2.45) is 5.73 Å². The smallest absolute Gasteiger partial charge is 0.165 e. The lowest BCUT2D eigenvalue weighted by molar-refractivity contribution is 0.126. The van der Waals surface area contributed by atoms with E-state index in [0.29, 0.717) is 0 Å². The molecule has 0 amide bonds. The third kappa shape index (κ3) is 2.50. The molecule has 1 aromatic rings. The van der Waals surface area contributed by atoms with Gasteiger partial charge >= 0.3 is 0 Å². The number of hydrogen-bond donors (Lipinski definition) is 1. The van der Waals surface area contributed by atoms with Gasteiger partial charge in [-0.15, -0.1) is 0 Å². The Hall–Kier alpha value is -1.16. The molecule has 1 aromatic carbocycles. The van der Waals surface area contributed by atoms with Gasteiger partial charge in [0.25, 0.3) is 0 Å². The van der Waals surface area contributed by atoms with Crippen LogP contribution in [0, 0.1) is 11.6 Å². The van der Waals surface area contributed by atoms with Gasteiger partial charge in [-0.1, -0.05) is 6.42 Å². The van der Waals surface area contributed by atoms with Gasteiger partial charge in [-0.3, -0.25) is 0 Å². The summed E-state index contributed by atoms with van der Waals surface area (Å²) >= 11 is 0. The Balaban J connectivity index is 2.10. The summed E-state index contributed by atoms with van der Waals surface area (Å²) in [6, 6.07) is 3.12. The van der Waals surface area contributed by atoms with E-state index in [1.165, 1.54) is 0 Å². The normalized spacial score (nSPS) is 25.4. The van der Waals surface area contributed by atoms with Crippen molar-refractivity contribution in [3.63, 3.8) is 0 Å². The van der Waals surface area contributed by atoms with Crippen molar-refractivity contribution in [1.29, 1.82) is 0 Å². The minimum Gasteiger partial charge on any atom is -0.486 e. The van der Waals surface area contributed by atoms with E-state index in [2.05, 4.69) is 0 Å².